The van der Waals surface area contributed by atoms with E-state index in [1.165, 1.54) is 0 Å². The number of amides is 2. The monoisotopic (exact) mass is 434 g/mol. The maximum Gasteiger partial charge on any atom is 0.248 e. The van der Waals surface area contributed by atoms with Crippen molar-refractivity contribution in [3.05, 3.63) is 65.9 Å². The summed E-state index contributed by atoms with van der Waals surface area (Å²) in [4.78, 5) is 29.1. The Morgan fingerprint density at radius 1 is 1.16 bits per heavy atom. The van der Waals surface area contributed by atoms with Crippen LogP contribution >= 0.6 is 0 Å². The number of aryl methyl sites for hydroxylation is 1. The number of fused-ring (bicyclic) bond motifs is 1. The van der Waals surface area contributed by atoms with E-state index in [0.717, 1.165) is 28.6 Å². The number of hydrogen-bond acceptors (Lipinski definition) is 6. The first-order valence-corrected chi connectivity index (χ1v) is 10.6. The van der Waals surface area contributed by atoms with Gasteiger partial charge in [-0.1, -0.05) is 18.2 Å². The van der Waals surface area contributed by atoms with Crippen LogP contribution in [-0.2, 0) is 16.2 Å². The average molecular weight is 434 g/mol. The third-order valence-electron chi connectivity index (χ3n) is 5.63. The maximum absolute atomic E-state index is 12.7. The van der Waals surface area contributed by atoms with E-state index in [9.17, 15) is 9.59 Å². The number of para-hydroxylation sites is 1. The van der Waals surface area contributed by atoms with E-state index in [4.69, 9.17) is 9.94 Å². The van der Waals surface area contributed by atoms with Crippen molar-refractivity contribution in [2.75, 3.05) is 11.9 Å². The zero-order valence-corrected chi connectivity index (χ0v) is 17.8. The second-order valence-corrected chi connectivity index (χ2v) is 7.90. The highest BCUT2D eigenvalue weighted by Gasteiger charge is 2.35. The summed E-state index contributed by atoms with van der Waals surface area (Å²) in [5.74, 6) is -0.810. The largest absolute Gasteiger partial charge is 0.489 e. The van der Waals surface area contributed by atoms with E-state index in [-0.39, 0.29) is 5.91 Å². The number of carbonyl (C=O) groups is 2. The number of nitrogens with one attached hydrogen (secondary N) is 3. The molecule has 2 heterocycles. The lowest BCUT2D eigenvalue weighted by atomic mass is 9.89. The molecule has 8 nitrogen and oxygen atoms in total. The Hall–Kier alpha value is -3.49. The lowest BCUT2D eigenvalue weighted by Crippen LogP contribution is -2.53. The van der Waals surface area contributed by atoms with Crippen molar-refractivity contribution in [1.82, 2.24) is 15.8 Å². The van der Waals surface area contributed by atoms with Gasteiger partial charge in [0.1, 0.15) is 12.4 Å². The standard InChI is InChI=1S/C24H26N4O4/c1-15-13-16(19-5-2-3-7-21(19)26-15)14-32-18-10-8-17(9-11-18)27-24(30)22-20(23(29)28-31)6-4-12-25-22/h2-3,5,7-11,13,20,22,25,31H,4,6,12,14H2,1H3,(H,27,30)(H,28,29)/t20-,22-/m1/s1. The molecule has 2 atom stereocenters. The fourth-order valence-corrected chi connectivity index (χ4v) is 4.06. The van der Waals surface area contributed by atoms with Gasteiger partial charge in [0.05, 0.1) is 17.5 Å². The fraction of sp³-hybridized carbons (Fsp3) is 0.292. The van der Waals surface area contributed by atoms with Crippen LogP contribution in [0.3, 0.4) is 0 Å². The second-order valence-electron chi connectivity index (χ2n) is 7.90. The lowest BCUT2D eigenvalue weighted by molar-refractivity contribution is -0.138. The van der Waals surface area contributed by atoms with Gasteiger partial charge in [-0.3, -0.25) is 19.8 Å². The molecule has 2 amide bonds. The Morgan fingerprint density at radius 3 is 2.72 bits per heavy atom. The van der Waals surface area contributed by atoms with Crippen molar-refractivity contribution in [3.63, 3.8) is 0 Å². The van der Waals surface area contributed by atoms with Crippen LogP contribution in [0.5, 0.6) is 5.75 Å². The third kappa shape index (κ3) is 4.87. The molecular weight excluding hydrogens is 408 g/mol. The zero-order valence-electron chi connectivity index (χ0n) is 17.8. The summed E-state index contributed by atoms with van der Waals surface area (Å²) >= 11 is 0. The average Bonchev–Trinajstić information content (AvgIpc) is 2.82. The third-order valence-corrected chi connectivity index (χ3v) is 5.63. The van der Waals surface area contributed by atoms with Gasteiger partial charge in [0, 0.05) is 22.3 Å². The molecule has 166 valence electrons. The summed E-state index contributed by atoms with van der Waals surface area (Å²) in [6.07, 6.45) is 1.30. The maximum atomic E-state index is 12.7. The van der Waals surface area contributed by atoms with Gasteiger partial charge in [0.25, 0.3) is 0 Å². The number of piperidine rings is 1. The zero-order chi connectivity index (χ0) is 22.5. The van der Waals surface area contributed by atoms with Crippen LogP contribution in [0.25, 0.3) is 10.9 Å². The highest BCUT2D eigenvalue weighted by atomic mass is 16.5. The summed E-state index contributed by atoms with van der Waals surface area (Å²) in [5, 5.41) is 15.9. The summed E-state index contributed by atoms with van der Waals surface area (Å²) in [6.45, 7) is 3.01. The number of anilines is 1. The molecule has 1 aromatic heterocycles. The SMILES string of the molecule is Cc1cc(COc2ccc(NC(=O)[C@@H]3NCCC[C@H]3C(=O)NO)cc2)c2ccccc2n1. The van der Waals surface area contributed by atoms with E-state index >= 15 is 0 Å². The van der Waals surface area contributed by atoms with Gasteiger partial charge in [0.2, 0.25) is 11.8 Å². The number of aromatic nitrogens is 1. The molecule has 1 aliphatic rings. The fourth-order valence-electron chi connectivity index (χ4n) is 4.06. The van der Waals surface area contributed by atoms with E-state index in [1.54, 1.807) is 29.7 Å². The number of ether oxygens (including phenoxy) is 1. The van der Waals surface area contributed by atoms with E-state index < -0.39 is 17.9 Å². The Kier molecular flexibility index (Phi) is 6.63. The molecule has 1 saturated heterocycles. The molecule has 0 unspecified atom stereocenters. The predicted molar refractivity (Wildman–Crippen MR) is 120 cm³/mol. The minimum absolute atomic E-state index is 0.314. The number of nitrogens with zero attached hydrogens (tertiary/aromatic N) is 1. The van der Waals surface area contributed by atoms with Crippen molar-refractivity contribution in [2.24, 2.45) is 5.92 Å². The predicted octanol–water partition coefficient (Wildman–Crippen LogP) is 2.93. The van der Waals surface area contributed by atoms with Crippen molar-refractivity contribution in [1.29, 1.82) is 0 Å². The first kappa shape index (κ1) is 21.7. The highest BCUT2D eigenvalue weighted by Crippen LogP contribution is 2.23. The summed E-state index contributed by atoms with van der Waals surface area (Å²) in [5.41, 5.74) is 5.18. The second kappa shape index (κ2) is 9.76. The Balaban J connectivity index is 1.39. The molecule has 1 fully saturated rings. The molecule has 1 aliphatic heterocycles. The van der Waals surface area contributed by atoms with Gasteiger partial charge >= 0.3 is 0 Å². The minimum atomic E-state index is -0.699. The van der Waals surface area contributed by atoms with Crippen LogP contribution in [0.2, 0.25) is 0 Å². The number of hydrogen-bond donors (Lipinski definition) is 4. The van der Waals surface area contributed by atoms with Crippen molar-refractivity contribution in [3.8, 4) is 5.75 Å². The van der Waals surface area contributed by atoms with E-state index in [2.05, 4.69) is 15.6 Å². The van der Waals surface area contributed by atoms with E-state index in [1.807, 2.05) is 37.3 Å². The molecule has 32 heavy (non-hydrogen) atoms. The Labute approximate surface area is 186 Å². The number of rotatable bonds is 6. The normalized spacial score (nSPS) is 18.2. The van der Waals surface area contributed by atoms with Crippen LogP contribution in [0.1, 0.15) is 24.1 Å². The van der Waals surface area contributed by atoms with Gasteiger partial charge in [-0.15, -0.1) is 0 Å². The van der Waals surface area contributed by atoms with Crippen molar-refractivity contribution < 1.29 is 19.5 Å². The van der Waals surface area contributed by atoms with Crippen LogP contribution in [0.4, 0.5) is 5.69 Å². The lowest BCUT2D eigenvalue weighted by Gasteiger charge is -2.29. The first-order valence-electron chi connectivity index (χ1n) is 10.6. The van der Waals surface area contributed by atoms with Gasteiger partial charge in [0.15, 0.2) is 0 Å². The molecule has 8 heteroatoms. The van der Waals surface area contributed by atoms with E-state index in [0.29, 0.717) is 31.0 Å². The van der Waals surface area contributed by atoms with Crippen molar-refractivity contribution >= 4 is 28.4 Å². The number of benzene rings is 2. The van der Waals surface area contributed by atoms with Crippen LogP contribution in [0, 0.1) is 12.8 Å². The molecule has 4 rings (SSSR count). The van der Waals surface area contributed by atoms with Crippen LogP contribution < -0.4 is 20.9 Å². The smallest absolute Gasteiger partial charge is 0.248 e. The quantitative estimate of drug-likeness (QED) is 0.351. The molecule has 0 saturated carbocycles. The number of carbonyl (C=O) groups excluding carboxylic acids is 2. The molecule has 0 aliphatic carbocycles. The Bertz CT molecular complexity index is 1120. The minimum Gasteiger partial charge on any atom is -0.489 e. The number of pyridine rings is 1. The molecular formula is C24H26N4O4. The number of hydroxylamine groups is 1. The highest BCUT2D eigenvalue weighted by molar-refractivity contribution is 5.98. The van der Waals surface area contributed by atoms with Crippen LogP contribution in [0.15, 0.2) is 54.6 Å². The topological polar surface area (TPSA) is 113 Å². The molecule has 0 bridgehead atoms. The summed E-state index contributed by atoms with van der Waals surface area (Å²) < 4.78 is 5.96. The van der Waals surface area contributed by atoms with Crippen LogP contribution in [-0.4, -0.2) is 34.6 Å². The molecule has 0 spiro atoms. The van der Waals surface area contributed by atoms with Crippen molar-refractivity contribution in [2.45, 2.75) is 32.4 Å². The summed E-state index contributed by atoms with van der Waals surface area (Å²) in [6, 6.07) is 16.4. The first-order chi connectivity index (χ1) is 15.5. The van der Waals surface area contributed by atoms with Gasteiger partial charge in [-0.25, -0.2) is 5.48 Å². The van der Waals surface area contributed by atoms with Gasteiger partial charge in [-0.05, 0) is 62.7 Å². The Morgan fingerprint density at radius 2 is 1.94 bits per heavy atom. The van der Waals surface area contributed by atoms with Gasteiger partial charge in [-0.2, -0.15) is 0 Å². The van der Waals surface area contributed by atoms with Gasteiger partial charge < -0.3 is 15.4 Å². The summed E-state index contributed by atoms with van der Waals surface area (Å²) in [7, 11) is 0. The molecule has 3 aromatic rings. The molecule has 2 aromatic carbocycles. The molecule has 0 radical (unpaired) electrons. The molecule has 4 N–H and O–H groups in total.